The monoisotopic (exact) mass is 768 g/mol. The Bertz CT molecular complexity index is 1740. The van der Waals surface area contributed by atoms with E-state index in [1.807, 2.05) is 27.7 Å². The minimum atomic E-state index is -4.44. The number of fused-ring (bicyclic) bond motifs is 1. The van der Waals surface area contributed by atoms with E-state index in [0.717, 1.165) is 4.31 Å². The van der Waals surface area contributed by atoms with Crippen LogP contribution in [0.25, 0.3) is 0 Å². The van der Waals surface area contributed by atoms with Gasteiger partial charge in [0.15, 0.2) is 0 Å². The van der Waals surface area contributed by atoms with Crippen molar-refractivity contribution in [2.45, 2.75) is 88.2 Å². The first-order chi connectivity index (χ1) is 23.6. The number of piperazine rings is 1. The van der Waals surface area contributed by atoms with Crippen LogP contribution in [-0.2, 0) is 35.6 Å². The average molecular weight is 770 g/mol. The predicted octanol–water partition coefficient (Wildman–Crippen LogP) is 3.39. The van der Waals surface area contributed by atoms with Gasteiger partial charge in [-0.05, 0) is 75.5 Å². The summed E-state index contributed by atoms with van der Waals surface area (Å²) in [6, 6.07) is 6.71. The second kappa shape index (κ2) is 15.3. The van der Waals surface area contributed by atoms with Gasteiger partial charge in [-0.25, -0.2) is 8.42 Å². The summed E-state index contributed by atoms with van der Waals surface area (Å²) in [6.07, 6.45) is -0.0769. The van der Waals surface area contributed by atoms with Crippen LogP contribution in [0.4, 0.5) is 0 Å². The van der Waals surface area contributed by atoms with Crippen molar-refractivity contribution in [3.8, 4) is 0 Å². The standard InChI is InChI=1S/C34H43Cl3N6O6S/c1-19(2)30(38-5)34(47)40-14-6-7-26(40)31(44)39-25-17-42(50(48,49)28-13-12-23(36)16-24(28)37)29-18-41(20(3)4)33(46)27(43(29)32(25)45)15-21-8-10-22(35)11-9-21/h8-13,16,19-20,25-27,29-30,38H,6-7,14-15,17-18H2,1-5H3,(H,39,44). The van der Waals surface area contributed by atoms with Crippen LogP contribution in [-0.4, -0.2) is 114 Å². The van der Waals surface area contributed by atoms with E-state index in [4.69, 9.17) is 34.8 Å². The van der Waals surface area contributed by atoms with Crippen molar-refractivity contribution in [3.63, 3.8) is 0 Å². The van der Waals surface area contributed by atoms with Gasteiger partial charge in [0.2, 0.25) is 33.7 Å². The highest BCUT2D eigenvalue weighted by atomic mass is 35.5. The number of benzene rings is 2. The predicted molar refractivity (Wildman–Crippen MR) is 191 cm³/mol. The number of sulfonamides is 1. The highest BCUT2D eigenvalue weighted by Gasteiger charge is 2.55. The smallest absolute Gasteiger partial charge is 0.248 e. The van der Waals surface area contributed by atoms with Crippen LogP contribution in [0.2, 0.25) is 15.1 Å². The molecule has 3 saturated heterocycles. The van der Waals surface area contributed by atoms with Crippen LogP contribution in [0, 0.1) is 5.92 Å². The third-order valence-corrected chi connectivity index (χ3v) is 12.5. The molecule has 5 rings (SSSR count). The molecule has 0 aromatic heterocycles. The van der Waals surface area contributed by atoms with E-state index in [1.165, 1.54) is 28.0 Å². The molecular weight excluding hydrogens is 727 g/mol. The first-order valence-corrected chi connectivity index (χ1v) is 19.3. The molecular formula is C34H43Cl3N6O6S. The summed E-state index contributed by atoms with van der Waals surface area (Å²) in [5.41, 5.74) is 0.704. The lowest BCUT2D eigenvalue weighted by Gasteiger charge is -2.54. The fraction of sp³-hybridized carbons (Fsp3) is 0.529. The number of likely N-dealkylation sites (N-methyl/N-ethyl adjacent to an activating group) is 1. The Morgan fingerprint density at radius 1 is 0.940 bits per heavy atom. The van der Waals surface area contributed by atoms with Gasteiger partial charge in [-0.1, -0.05) is 60.8 Å². The summed E-state index contributed by atoms with van der Waals surface area (Å²) < 4.78 is 30.2. The first-order valence-electron chi connectivity index (χ1n) is 16.7. The van der Waals surface area contributed by atoms with Crippen LogP contribution < -0.4 is 10.6 Å². The van der Waals surface area contributed by atoms with Crippen LogP contribution >= 0.6 is 34.8 Å². The van der Waals surface area contributed by atoms with E-state index >= 15 is 0 Å². The molecule has 272 valence electrons. The maximum atomic E-state index is 14.5. The van der Waals surface area contributed by atoms with Crippen LogP contribution in [0.1, 0.15) is 46.1 Å². The van der Waals surface area contributed by atoms with Gasteiger partial charge in [0, 0.05) is 35.6 Å². The first kappa shape index (κ1) is 38.3. The maximum Gasteiger partial charge on any atom is 0.248 e. The SMILES string of the molecule is CNC(C(=O)N1CCCC1C(=O)NC1CN(S(=O)(=O)c2ccc(Cl)cc2Cl)C2CN(C(C)C)C(=O)C(Cc3ccc(Cl)cc3)N2C1=O)C(C)C. The second-order valence-corrected chi connectivity index (χ2v) is 16.7. The highest BCUT2D eigenvalue weighted by Crippen LogP contribution is 2.35. The van der Waals surface area contributed by atoms with E-state index in [1.54, 1.807) is 36.2 Å². The lowest BCUT2D eigenvalue weighted by molar-refractivity contribution is -0.169. The van der Waals surface area contributed by atoms with Gasteiger partial charge in [-0.2, -0.15) is 4.31 Å². The van der Waals surface area contributed by atoms with Gasteiger partial charge in [-0.3, -0.25) is 19.2 Å². The van der Waals surface area contributed by atoms with Crippen molar-refractivity contribution in [1.82, 2.24) is 29.6 Å². The van der Waals surface area contributed by atoms with Gasteiger partial charge >= 0.3 is 0 Å². The minimum absolute atomic E-state index is 0.0354. The molecule has 5 atom stereocenters. The number of nitrogens with one attached hydrogen (secondary N) is 2. The number of carbonyl (C=O) groups is 4. The van der Waals surface area contributed by atoms with Gasteiger partial charge in [0.05, 0.1) is 17.6 Å². The normalized spacial score (nSPS) is 23.8. The molecule has 4 amide bonds. The Morgan fingerprint density at radius 2 is 1.60 bits per heavy atom. The highest BCUT2D eigenvalue weighted by molar-refractivity contribution is 7.89. The van der Waals surface area contributed by atoms with Gasteiger partial charge in [-0.15, -0.1) is 0 Å². The minimum Gasteiger partial charge on any atom is -0.341 e. The lowest BCUT2D eigenvalue weighted by Crippen LogP contribution is -2.76. The van der Waals surface area contributed by atoms with Crippen molar-refractivity contribution in [3.05, 3.63) is 63.1 Å². The van der Waals surface area contributed by atoms with E-state index in [2.05, 4.69) is 10.6 Å². The zero-order valence-electron chi connectivity index (χ0n) is 28.6. The van der Waals surface area contributed by atoms with Crippen molar-refractivity contribution < 1.29 is 27.6 Å². The van der Waals surface area contributed by atoms with Crippen molar-refractivity contribution in [2.24, 2.45) is 5.92 Å². The molecule has 2 aromatic rings. The molecule has 3 aliphatic rings. The molecule has 0 spiro atoms. The second-order valence-electron chi connectivity index (χ2n) is 13.6. The average Bonchev–Trinajstić information content (AvgIpc) is 3.54. The largest absolute Gasteiger partial charge is 0.341 e. The number of nitrogens with zero attached hydrogens (tertiary/aromatic N) is 4. The Kier molecular flexibility index (Phi) is 11.8. The number of carbonyl (C=O) groups excluding carboxylic acids is 4. The van der Waals surface area contributed by atoms with Crippen molar-refractivity contribution in [1.29, 1.82) is 0 Å². The molecule has 3 heterocycles. The third kappa shape index (κ3) is 7.49. The summed E-state index contributed by atoms with van der Waals surface area (Å²) in [6.45, 7) is 7.30. The van der Waals surface area contributed by atoms with Gasteiger partial charge < -0.3 is 25.3 Å². The molecule has 0 radical (unpaired) electrons. The molecule has 0 bridgehead atoms. The molecule has 12 nitrogen and oxygen atoms in total. The van der Waals surface area contributed by atoms with Crippen LogP contribution in [0.5, 0.6) is 0 Å². The third-order valence-electron chi connectivity index (χ3n) is 9.68. The Hall–Kier alpha value is -2.94. The molecule has 0 saturated carbocycles. The number of amides is 4. The summed E-state index contributed by atoms with van der Waals surface area (Å²) in [4.78, 5) is 60.2. The number of halogens is 3. The number of hydrogen-bond donors (Lipinski definition) is 2. The van der Waals surface area contributed by atoms with Gasteiger partial charge in [0.25, 0.3) is 0 Å². The molecule has 5 unspecified atom stereocenters. The van der Waals surface area contributed by atoms with Crippen molar-refractivity contribution in [2.75, 3.05) is 26.7 Å². The van der Waals surface area contributed by atoms with Crippen LogP contribution in [0.15, 0.2) is 47.4 Å². The fourth-order valence-electron chi connectivity index (χ4n) is 7.12. The number of rotatable bonds is 10. The Labute approximate surface area is 308 Å². The van der Waals surface area contributed by atoms with Gasteiger partial charge in [0.1, 0.15) is 29.2 Å². The van der Waals surface area contributed by atoms with Crippen LogP contribution in [0.3, 0.4) is 0 Å². The zero-order valence-corrected chi connectivity index (χ0v) is 31.7. The molecule has 3 aliphatic heterocycles. The lowest BCUT2D eigenvalue weighted by atomic mass is 9.96. The number of hydrogen-bond acceptors (Lipinski definition) is 7. The van der Waals surface area contributed by atoms with E-state index in [-0.39, 0.29) is 51.7 Å². The molecule has 16 heteroatoms. The Balaban J connectivity index is 1.56. The quantitative estimate of drug-likeness (QED) is 0.378. The Morgan fingerprint density at radius 3 is 2.20 bits per heavy atom. The molecule has 0 aliphatic carbocycles. The summed E-state index contributed by atoms with van der Waals surface area (Å²) >= 11 is 18.7. The molecule has 2 aromatic carbocycles. The fourth-order valence-corrected chi connectivity index (χ4v) is 9.58. The maximum absolute atomic E-state index is 14.5. The van der Waals surface area contributed by atoms with E-state index in [9.17, 15) is 27.6 Å². The van der Waals surface area contributed by atoms with E-state index < -0.39 is 58.7 Å². The van der Waals surface area contributed by atoms with Crippen molar-refractivity contribution >= 4 is 68.5 Å². The summed E-state index contributed by atoms with van der Waals surface area (Å²) in [5, 5.41) is 6.43. The molecule has 2 N–H and O–H groups in total. The molecule has 3 fully saturated rings. The number of likely N-dealkylation sites (tertiary alicyclic amines) is 1. The van der Waals surface area contributed by atoms with E-state index in [0.29, 0.717) is 30.0 Å². The zero-order chi connectivity index (χ0) is 36.7. The topological polar surface area (TPSA) is 139 Å². The summed E-state index contributed by atoms with van der Waals surface area (Å²) in [7, 11) is -2.75. The molecule has 50 heavy (non-hydrogen) atoms. The summed E-state index contributed by atoms with van der Waals surface area (Å²) in [5.74, 6) is -1.79.